The van der Waals surface area contributed by atoms with Crippen molar-refractivity contribution in [2.45, 2.75) is 52.6 Å². The van der Waals surface area contributed by atoms with Crippen molar-refractivity contribution in [1.29, 1.82) is 0 Å². The first-order valence-electron chi connectivity index (χ1n) is 12.2. The van der Waals surface area contributed by atoms with Crippen LogP contribution in [0.1, 0.15) is 75.5 Å². The van der Waals surface area contributed by atoms with Gasteiger partial charge >= 0.3 is 0 Å². The second-order valence-corrected chi connectivity index (χ2v) is 10.2. The minimum absolute atomic E-state index is 0.0520. The molecule has 0 saturated carbocycles. The maximum absolute atomic E-state index is 6.34. The van der Waals surface area contributed by atoms with Crippen molar-refractivity contribution >= 4 is 11.1 Å². The second kappa shape index (κ2) is 9.72. The molecule has 0 saturated heterocycles. The molecule has 3 aromatic rings. The number of benzene rings is 1. The summed E-state index contributed by atoms with van der Waals surface area (Å²) in [5.41, 5.74) is 19.6. The molecule has 6 nitrogen and oxygen atoms in total. The third-order valence-electron chi connectivity index (χ3n) is 6.89. The number of hydrogen-bond acceptors (Lipinski definition) is 4. The van der Waals surface area contributed by atoms with E-state index in [1.807, 2.05) is 18.7 Å². The molecule has 2 aromatic heterocycles. The zero-order valence-corrected chi connectivity index (χ0v) is 21.3. The van der Waals surface area contributed by atoms with Crippen molar-refractivity contribution in [2.75, 3.05) is 0 Å². The summed E-state index contributed by atoms with van der Waals surface area (Å²) in [6.45, 7) is 8.51. The monoisotopic (exact) mass is 458 g/mol. The smallest absolute Gasteiger partial charge is 0.126 e. The number of nitrogens with two attached hydrogens (primary N) is 2. The van der Waals surface area contributed by atoms with Crippen molar-refractivity contribution in [1.82, 2.24) is 19.1 Å². The van der Waals surface area contributed by atoms with E-state index in [1.54, 1.807) is 0 Å². The summed E-state index contributed by atoms with van der Waals surface area (Å²) in [7, 11) is 4.04. The number of aromatic nitrogens is 4. The van der Waals surface area contributed by atoms with Crippen LogP contribution < -0.4 is 11.5 Å². The minimum atomic E-state index is -0.0669. The van der Waals surface area contributed by atoms with E-state index in [0.717, 1.165) is 41.4 Å². The molecule has 2 heterocycles. The lowest BCUT2D eigenvalue weighted by Gasteiger charge is -2.15. The summed E-state index contributed by atoms with van der Waals surface area (Å²) in [6.07, 6.45) is 10.6. The largest absolute Gasteiger partial charge is 0.336 e. The van der Waals surface area contributed by atoms with Crippen LogP contribution in [0.5, 0.6) is 0 Å². The van der Waals surface area contributed by atoms with Gasteiger partial charge in [-0.25, -0.2) is 9.97 Å². The van der Waals surface area contributed by atoms with Gasteiger partial charge in [-0.3, -0.25) is 0 Å². The van der Waals surface area contributed by atoms with E-state index in [1.165, 1.54) is 16.7 Å². The number of aryl methyl sites for hydroxylation is 2. The van der Waals surface area contributed by atoms with Gasteiger partial charge in [0.2, 0.25) is 0 Å². The third kappa shape index (κ3) is 4.79. The lowest BCUT2D eigenvalue weighted by Crippen LogP contribution is -2.20. The van der Waals surface area contributed by atoms with Crippen LogP contribution in [0.2, 0.25) is 0 Å². The second-order valence-electron chi connectivity index (χ2n) is 10.2. The van der Waals surface area contributed by atoms with Crippen LogP contribution in [0.3, 0.4) is 0 Å². The number of hydrogen-bond donors (Lipinski definition) is 2. The normalized spacial score (nSPS) is 16.1. The molecule has 0 radical (unpaired) electrons. The highest BCUT2D eigenvalue weighted by molar-refractivity contribution is 5.78. The fourth-order valence-electron chi connectivity index (χ4n) is 4.42. The lowest BCUT2D eigenvalue weighted by molar-refractivity contribution is 0.478. The fourth-order valence-corrected chi connectivity index (χ4v) is 4.42. The third-order valence-corrected chi connectivity index (χ3v) is 6.89. The van der Waals surface area contributed by atoms with Gasteiger partial charge in [-0.2, -0.15) is 0 Å². The Morgan fingerprint density at radius 1 is 0.676 bits per heavy atom. The number of allylic oxidation sites excluding steroid dienone is 4. The van der Waals surface area contributed by atoms with Gasteiger partial charge in [0.15, 0.2) is 0 Å². The summed E-state index contributed by atoms with van der Waals surface area (Å²) in [6, 6.07) is 8.57. The zero-order chi connectivity index (χ0) is 24.6. The predicted molar refractivity (Wildman–Crippen MR) is 141 cm³/mol. The first-order chi connectivity index (χ1) is 16.2. The SMILES string of the molecule is CC(C)C(N)c1nc(C2=CC=C(c3ccc(-c4cn(C)c(C(N)C(C)C)n4)cc3)CC2)cn1C. The van der Waals surface area contributed by atoms with Crippen molar-refractivity contribution in [3.63, 3.8) is 0 Å². The molecular formula is C28H38N6. The Bertz CT molecular complexity index is 1210. The Hall–Kier alpha value is -2.96. The van der Waals surface area contributed by atoms with E-state index in [9.17, 15) is 0 Å². The Labute approximate surface area is 203 Å². The van der Waals surface area contributed by atoms with Gasteiger partial charge in [0.1, 0.15) is 11.6 Å². The highest BCUT2D eigenvalue weighted by atomic mass is 15.1. The molecule has 1 aromatic carbocycles. The van der Waals surface area contributed by atoms with Gasteiger partial charge in [-0.05, 0) is 41.4 Å². The predicted octanol–water partition coefficient (Wildman–Crippen LogP) is 5.39. The maximum Gasteiger partial charge on any atom is 0.126 e. The molecule has 2 unspecified atom stereocenters. The van der Waals surface area contributed by atoms with Crippen LogP contribution >= 0.6 is 0 Å². The molecule has 0 bridgehead atoms. The summed E-state index contributed by atoms with van der Waals surface area (Å²) < 4.78 is 4.11. The number of imidazole rings is 2. The van der Waals surface area contributed by atoms with E-state index in [4.69, 9.17) is 21.4 Å². The van der Waals surface area contributed by atoms with Crippen LogP contribution in [-0.2, 0) is 14.1 Å². The molecule has 0 aliphatic heterocycles. The summed E-state index contributed by atoms with van der Waals surface area (Å²) >= 11 is 0. The lowest BCUT2D eigenvalue weighted by atomic mass is 9.91. The maximum atomic E-state index is 6.34. The molecule has 180 valence electrons. The van der Waals surface area contributed by atoms with Gasteiger partial charge in [-0.15, -0.1) is 0 Å². The van der Waals surface area contributed by atoms with Gasteiger partial charge in [-0.1, -0.05) is 64.1 Å². The Morgan fingerprint density at radius 3 is 1.62 bits per heavy atom. The Morgan fingerprint density at radius 2 is 1.12 bits per heavy atom. The van der Waals surface area contributed by atoms with Crippen LogP contribution in [0.4, 0.5) is 0 Å². The van der Waals surface area contributed by atoms with Crippen molar-refractivity contribution in [3.8, 4) is 11.3 Å². The standard InChI is InChI=1S/C28H38N6/c1-17(2)25(29)27-31-23(15-33(27)5)21-11-7-19(8-12-21)20-9-13-22(14-10-20)24-16-34(6)28(32-24)26(30)18(3)4/h7-9,11-13,15-18,25-26H,10,14,29-30H2,1-6H3. The number of rotatable bonds is 7. The van der Waals surface area contributed by atoms with Crippen LogP contribution in [0.15, 0.2) is 48.8 Å². The average molecular weight is 459 g/mol. The van der Waals surface area contributed by atoms with Crippen LogP contribution in [0, 0.1) is 11.8 Å². The highest BCUT2D eigenvalue weighted by Crippen LogP contribution is 2.33. The van der Waals surface area contributed by atoms with Gasteiger partial charge in [0.25, 0.3) is 0 Å². The molecule has 4 rings (SSSR count). The summed E-state index contributed by atoms with van der Waals surface area (Å²) in [4.78, 5) is 9.67. The minimum Gasteiger partial charge on any atom is -0.336 e. The number of nitrogens with zero attached hydrogens (tertiary/aromatic N) is 4. The molecule has 34 heavy (non-hydrogen) atoms. The van der Waals surface area contributed by atoms with E-state index in [0.29, 0.717) is 11.8 Å². The van der Waals surface area contributed by atoms with Crippen molar-refractivity contribution in [2.24, 2.45) is 37.4 Å². The van der Waals surface area contributed by atoms with Crippen molar-refractivity contribution in [3.05, 3.63) is 71.7 Å². The molecule has 6 heteroatoms. The Balaban J connectivity index is 1.52. The van der Waals surface area contributed by atoms with E-state index >= 15 is 0 Å². The van der Waals surface area contributed by atoms with Gasteiger partial charge < -0.3 is 20.6 Å². The highest BCUT2D eigenvalue weighted by Gasteiger charge is 2.20. The van der Waals surface area contributed by atoms with Crippen LogP contribution in [0.25, 0.3) is 22.4 Å². The molecule has 0 amide bonds. The molecule has 1 aliphatic rings. The molecule has 4 N–H and O–H groups in total. The summed E-state index contributed by atoms with van der Waals surface area (Å²) in [5, 5.41) is 0. The van der Waals surface area contributed by atoms with E-state index < -0.39 is 0 Å². The quantitative estimate of drug-likeness (QED) is 0.497. The van der Waals surface area contributed by atoms with Crippen LogP contribution in [-0.4, -0.2) is 19.1 Å². The van der Waals surface area contributed by atoms with Crippen molar-refractivity contribution < 1.29 is 0 Å². The zero-order valence-electron chi connectivity index (χ0n) is 21.3. The average Bonchev–Trinajstić information content (AvgIpc) is 3.40. The first kappa shape index (κ1) is 24.2. The molecule has 2 atom stereocenters. The fraction of sp³-hybridized carbons (Fsp3) is 0.429. The summed E-state index contributed by atoms with van der Waals surface area (Å²) in [5.74, 6) is 2.57. The molecule has 1 aliphatic carbocycles. The van der Waals surface area contributed by atoms with E-state index in [-0.39, 0.29) is 12.1 Å². The molecule has 0 fully saturated rings. The first-order valence-corrected chi connectivity index (χ1v) is 12.2. The van der Waals surface area contributed by atoms with Gasteiger partial charge in [0, 0.05) is 32.1 Å². The topological polar surface area (TPSA) is 87.7 Å². The van der Waals surface area contributed by atoms with Gasteiger partial charge in [0.05, 0.1) is 23.5 Å². The molecule has 0 spiro atoms. The van der Waals surface area contributed by atoms with E-state index in [2.05, 4.69) is 81.1 Å². The Kier molecular flexibility index (Phi) is 6.91. The molecular weight excluding hydrogens is 420 g/mol.